The number of halogens is 1. The fourth-order valence-electron chi connectivity index (χ4n) is 3.77. The van der Waals surface area contributed by atoms with Gasteiger partial charge in [-0.25, -0.2) is 8.42 Å². The van der Waals surface area contributed by atoms with Gasteiger partial charge >= 0.3 is 0 Å². The number of hydrogen-bond acceptors (Lipinski definition) is 4. The van der Waals surface area contributed by atoms with Crippen molar-refractivity contribution in [1.82, 2.24) is 0 Å². The zero-order valence-corrected chi connectivity index (χ0v) is 20.4. The summed E-state index contributed by atoms with van der Waals surface area (Å²) in [5.41, 5.74) is 1.77. The summed E-state index contributed by atoms with van der Waals surface area (Å²) in [5.74, 6) is -0.349. The van der Waals surface area contributed by atoms with E-state index in [2.05, 4.69) is 18.2 Å². The van der Waals surface area contributed by atoms with E-state index in [1.165, 1.54) is 12.1 Å². The van der Waals surface area contributed by atoms with Crippen LogP contribution in [0.4, 0.5) is 5.69 Å². The van der Waals surface area contributed by atoms with Crippen LogP contribution in [0, 0.1) is 0 Å². The van der Waals surface area contributed by atoms with Crippen LogP contribution >= 0.6 is 11.6 Å². The molecule has 1 fully saturated rings. The largest absolute Gasteiger partial charge is 0.381 e. The Hall–Kier alpha value is -2.67. The van der Waals surface area contributed by atoms with Crippen LogP contribution in [0.5, 0.6) is 0 Å². The fourth-order valence-corrected chi connectivity index (χ4v) is 5.03. The molecule has 1 N–H and O–H groups in total. The van der Waals surface area contributed by atoms with Gasteiger partial charge in [-0.3, -0.25) is 9.52 Å². The van der Waals surface area contributed by atoms with Crippen LogP contribution in [0.25, 0.3) is 0 Å². The van der Waals surface area contributed by atoms with Gasteiger partial charge in [-0.1, -0.05) is 61.5 Å². The molecule has 1 aliphatic rings. The van der Waals surface area contributed by atoms with Crippen LogP contribution in [-0.2, 0) is 20.2 Å². The van der Waals surface area contributed by atoms with Crippen molar-refractivity contribution in [3.05, 3.63) is 95.1 Å². The summed E-state index contributed by atoms with van der Waals surface area (Å²) < 4.78 is 34.3. The fraction of sp³-hybridized carbons (Fsp3) is 0.269. The molecule has 0 saturated carbocycles. The van der Waals surface area contributed by atoms with E-state index >= 15 is 0 Å². The van der Waals surface area contributed by atoms with Crippen molar-refractivity contribution in [3.63, 3.8) is 0 Å². The second-order valence-corrected chi connectivity index (χ2v) is 10.3. The highest BCUT2D eigenvalue weighted by Gasteiger charge is 2.29. The number of nitrogens with one attached hydrogen (secondary N) is 1. The average molecular weight is 486 g/mol. The Kier molecular flexibility index (Phi) is 7.95. The molecule has 0 aromatic heterocycles. The van der Waals surface area contributed by atoms with E-state index < -0.39 is 10.0 Å². The molecule has 2 aromatic carbocycles. The van der Waals surface area contributed by atoms with Crippen LogP contribution in [0.15, 0.2) is 83.8 Å². The first-order valence-electron chi connectivity index (χ1n) is 10.7. The molecule has 1 saturated heterocycles. The van der Waals surface area contributed by atoms with Crippen LogP contribution in [0.2, 0.25) is 5.02 Å². The van der Waals surface area contributed by atoms with Gasteiger partial charge in [0.25, 0.3) is 10.0 Å². The molecule has 2 aromatic rings. The third-order valence-corrected chi connectivity index (χ3v) is 7.53. The Morgan fingerprint density at radius 3 is 2.42 bits per heavy atom. The molecule has 5 nitrogen and oxygen atoms in total. The molecule has 3 rings (SSSR count). The smallest absolute Gasteiger partial charge is 0.261 e. The Labute approximate surface area is 200 Å². The van der Waals surface area contributed by atoms with E-state index in [0.29, 0.717) is 23.8 Å². The lowest BCUT2D eigenvalue weighted by molar-refractivity contribution is 0.0564. The number of carbonyl (C=O) groups excluding carboxylic acids is 1. The Bertz CT molecular complexity index is 1190. The second kappa shape index (κ2) is 10.5. The quantitative estimate of drug-likeness (QED) is 0.279. The summed E-state index contributed by atoms with van der Waals surface area (Å²) in [7, 11) is -3.92. The van der Waals surface area contributed by atoms with Crippen LogP contribution in [0.1, 0.15) is 42.6 Å². The Balaban J connectivity index is 1.90. The molecule has 33 heavy (non-hydrogen) atoms. The molecule has 0 aliphatic carbocycles. The summed E-state index contributed by atoms with van der Waals surface area (Å²) in [6.07, 6.45) is 8.24. The molecule has 0 atom stereocenters. The lowest BCUT2D eigenvalue weighted by atomic mass is 9.76. The van der Waals surface area contributed by atoms with Gasteiger partial charge in [0.2, 0.25) is 0 Å². The lowest BCUT2D eigenvalue weighted by Gasteiger charge is -2.34. The van der Waals surface area contributed by atoms with E-state index in [1.54, 1.807) is 49.4 Å². The van der Waals surface area contributed by atoms with Crippen LogP contribution in [0.3, 0.4) is 0 Å². The van der Waals surface area contributed by atoms with E-state index in [9.17, 15) is 13.2 Å². The minimum absolute atomic E-state index is 0.0361. The number of hydrogen-bond donors (Lipinski definition) is 1. The summed E-state index contributed by atoms with van der Waals surface area (Å²) in [4.78, 5) is 13.2. The van der Waals surface area contributed by atoms with Crippen molar-refractivity contribution in [3.8, 4) is 0 Å². The first-order chi connectivity index (χ1) is 15.7. The van der Waals surface area contributed by atoms with Gasteiger partial charge in [0.15, 0.2) is 5.78 Å². The van der Waals surface area contributed by atoms with Crippen molar-refractivity contribution >= 4 is 33.1 Å². The number of sulfonamides is 1. The summed E-state index contributed by atoms with van der Waals surface area (Å²) >= 11 is 6.11. The number of carbonyl (C=O) groups is 1. The van der Waals surface area contributed by atoms with Gasteiger partial charge in [-0.15, -0.1) is 0 Å². The van der Waals surface area contributed by atoms with Crippen LogP contribution < -0.4 is 4.72 Å². The Morgan fingerprint density at radius 1 is 1.15 bits per heavy atom. The van der Waals surface area contributed by atoms with E-state index in [0.717, 1.165) is 18.4 Å². The molecule has 174 valence electrons. The van der Waals surface area contributed by atoms with Gasteiger partial charge in [0, 0.05) is 29.4 Å². The average Bonchev–Trinajstić information content (AvgIpc) is 2.81. The number of anilines is 1. The zero-order valence-electron chi connectivity index (χ0n) is 18.8. The zero-order chi connectivity index (χ0) is 24.1. The second-order valence-electron chi connectivity index (χ2n) is 8.16. The number of ketones is 1. The summed E-state index contributed by atoms with van der Waals surface area (Å²) in [5, 5.41) is 0.332. The SMILES string of the molecule is C=C/C=C\C(=C/C)C(=O)c1cc(Cl)ccc1NS(=O)(=O)c1ccc(C2(C)CCOCC2)cc1. The van der Waals surface area contributed by atoms with E-state index in [-0.39, 0.29) is 27.3 Å². The lowest BCUT2D eigenvalue weighted by Crippen LogP contribution is -2.30. The number of ether oxygens (including phenoxy) is 1. The highest BCUT2D eigenvalue weighted by Crippen LogP contribution is 2.35. The topological polar surface area (TPSA) is 72.5 Å². The van der Waals surface area contributed by atoms with E-state index in [1.807, 2.05) is 12.1 Å². The molecule has 7 heteroatoms. The van der Waals surface area contributed by atoms with Crippen molar-refractivity contribution < 1.29 is 17.9 Å². The maximum atomic E-state index is 13.1. The molecule has 0 amide bonds. The summed E-state index contributed by atoms with van der Waals surface area (Å²) in [6, 6.07) is 11.4. The minimum Gasteiger partial charge on any atom is -0.381 e. The molecule has 0 radical (unpaired) electrons. The van der Waals surface area contributed by atoms with Crippen LogP contribution in [-0.4, -0.2) is 27.4 Å². The Morgan fingerprint density at radius 2 is 1.82 bits per heavy atom. The number of allylic oxidation sites excluding steroid dienone is 5. The third-order valence-electron chi connectivity index (χ3n) is 5.91. The molecule has 1 heterocycles. The molecular weight excluding hydrogens is 458 g/mol. The van der Waals surface area contributed by atoms with E-state index in [4.69, 9.17) is 16.3 Å². The molecule has 0 bridgehead atoms. The van der Waals surface area contributed by atoms with Crippen molar-refractivity contribution in [2.45, 2.75) is 37.0 Å². The predicted molar refractivity (Wildman–Crippen MR) is 134 cm³/mol. The molecule has 0 spiro atoms. The van der Waals surface area contributed by atoms with Crippen molar-refractivity contribution in [1.29, 1.82) is 0 Å². The van der Waals surface area contributed by atoms with Gasteiger partial charge in [0.1, 0.15) is 0 Å². The number of rotatable bonds is 8. The minimum atomic E-state index is -3.92. The molecular formula is C26H28ClNO4S. The van der Waals surface area contributed by atoms with Gasteiger partial charge in [-0.2, -0.15) is 0 Å². The van der Waals surface area contributed by atoms with Gasteiger partial charge < -0.3 is 4.74 Å². The number of benzene rings is 2. The van der Waals surface area contributed by atoms with Crippen molar-refractivity contribution in [2.24, 2.45) is 0 Å². The first kappa shape index (κ1) is 25.0. The first-order valence-corrected chi connectivity index (χ1v) is 12.6. The van der Waals surface area contributed by atoms with Gasteiger partial charge in [-0.05, 0) is 61.1 Å². The molecule has 0 unspecified atom stereocenters. The maximum Gasteiger partial charge on any atom is 0.261 e. The highest BCUT2D eigenvalue weighted by molar-refractivity contribution is 7.92. The summed E-state index contributed by atoms with van der Waals surface area (Å²) in [6.45, 7) is 8.90. The predicted octanol–water partition coefficient (Wildman–Crippen LogP) is 6.08. The third kappa shape index (κ3) is 5.82. The van der Waals surface area contributed by atoms with Crippen molar-refractivity contribution in [2.75, 3.05) is 17.9 Å². The monoisotopic (exact) mass is 485 g/mol. The molecule has 1 aliphatic heterocycles. The normalized spacial score (nSPS) is 16.5. The van der Waals surface area contributed by atoms with Gasteiger partial charge in [0.05, 0.1) is 10.6 Å². The standard InChI is InChI=1S/C26H28ClNO4S/c1-4-6-7-19(5-2)25(29)23-18-21(27)10-13-24(23)28-33(30,31)22-11-8-20(9-12-22)26(3)14-16-32-17-15-26/h4-13,18,28H,1,14-17H2,2-3H3/b7-6-,19-5+. The maximum absolute atomic E-state index is 13.1. The number of Topliss-reactive ketones (excluding diaryl/α,β-unsaturated/α-hetero) is 1. The highest BCUT2D eigenvalue weighted by atomic mass is 35.5.